The molecule has 0 aromatic carbocycles. The Hall–Kier alpha value is -6.56. The second kappa shape index (κ2) is 26.4. The lowest BCUT2D eigenvalue weighted by molar-refractivity contribution is -0.176. The van der Waals surface area contributed by atoms with Crippen LogP contribution in [-0.4, -0.2) is 151 Å². The zero-order chi connectivity index (χ0) is 39.5. The van der Waals surface area contributed by atoms with Gasteiger partial charge in [0.2, 0.25) is 0 Å². The summed E-state index contributed by atoms with van der Waals surface area (Å²) in [6.07, 6.45) is -0.579. The van der Waals surface area contributed by atoms with Gasteiger partial charge < -0.3 is 64.5 Å². The zero-order valence-electron chi connectivity index (χ0n) is 25.6. The molecule has 0 bridgehead atoms. The number of aliphatic hydroxyl groups excluding tert-OH is 4. The summed E-state index contributed by atoms with van der Waals surface area (Å²) in [5, 5.41) is 67.4. The van der Waals surface area contributed by atoms with E-state index in [-0.39, 0.29) is 0 Å². The van der Waals surface area contributed by atoms with Gasteiger partial charge in [-0.05, 0) is 0 Å². The van der Waals surface area contributed by atoms with Gasteiger partial charge in [0.15, 0.2) is 12.2 Å². The molecule has 0 spiro atoms. The summed E-state index contributed by atoms with van der Waals surface area (Å²) in [5.74, 6) is -12.5. The van der Waals surface area contributed by atoms with Gasteiger partial charge in [0.1, 0.15) is 25.4 Å². The molecule has 8 N–H and O–H groups in total. The van der Waals surface area contributed by atoms with Gasteiger partial charge >= 0.3 is 59.7 Å². The van der Waals surface area contributed by atoms with Crippen molar-refractivity contribution in [2.75, 3.05) is 26.4 Å². The molecule has 0 aromatic heterocycles. The largest absolute Gasteiger partial charge is 0.478 e. The summed E-state index contributed by atoms with van der Waals surface area (Å²) >= 11 is 0. The molecule has 0 aliphatic carbocycles. The van der Waals surface area contributed by atoms with Crippen LogP contribution in [0.25, 0.3) is 0 Å². The number of aliphatic carboxylic acids is 4. The van der Waals surface area contributed by atoms with E-state index in [1.165, 1.54) is 0 Å². The van der Waals surface area contributed by atoms with Crippen molar-refractivity contribution in [2.24, 2.45) is 0 Å². The molecular formula is C28H30O23. The molecule has 1 heterocycles. The second-order valence-electron chi connectivity index (χ2n) is 8.47. The minimum Gasteiger partial charge on any atom is -0.478 e. The first-order valence-electron chi connectivity index (χ1n) is 13.2. The van der Waals surface area contributed by atoms with Gasteiger partial charge in [0.25, 0.3) is 0 Å². The van der Waals surface area contributed by atoms with Crippen LogP contribution in [0.3, 0.4) is 0 Å². The number of aliphatic hydroxyl groups is 4. The number of carbonyl (C=O) groups excluding carboxylic acids is 6. The minimum absolute atomic E-state index is 0.369. The summed E-state index contributed by atoms with van der Waals surface area (Å²) in [6, 6.07) is 0. The monoisotopic (exact) mass is 734 g/mol. The molecule has 0 aromatic rings. The topological polar surface area (TPSA) is 379 Å². The van der Waals surface area contributed by atoms with Crippen LogP contribution < -0.4 is 0 Å². The van der Waals surface area contributed by atoms with Gasteiger partial charge in [-0.1, -0.05) is 0 Å². The predicted molar refractivity (Wildman–Crippen MR) is 155 cm³/mol. The van der Waals surface area contributed by atoms with Gasteiger partial charge in [0, 0.05) is 60.8 Å². The van der Waals surface area contributed by atoms with Gasteiger partial charge in [-0.3, -0.25) is 0 Å². The van der Waals surface area contributed by atoms with Crippen LogP contribution in [0, 0.1) is 0 Å². The standard InChI is InChI=1S/C20H18O16.C4H10O4.C4H2O3/c21-13(22)1-5-17(29)33-9-11(35-19(31)7-3-15(25)26)12(36-20(32)8-4-16(27)28)10-34-18(30)6-2-14(23)24;5-1-3(7)4(8)2-6;5-3-1-2-4(6)7-3/h1-8,11-12H,9-10H2,(H,21,22)(H,23,24)(H,25,26)(H,27,28);3-8H,1-2H2;1-2H. The van der Waals surface area contributed by atoms with Crippen molar-refractivity contribution in [2.45, 2.75) is 24.4 Å². The molecule has 0 saturated carbocycles. The highest BCUT2D eigenvalue weighted by molar-refractivity contribution is 6.05. The third-order valence-electron chi connectivity index (χ3n) is 4.55. The van der Waals surface area contributed by atoms with Crippen LogP contribution in [0.1, 0.15) is 0 Å². The van der Waals surface area contributed by atoms with E-state index in [1.807, 2.05) is 0 Å². The number of carbonyl (C=O) groups is 10. The fourth-order valence-electron chi connectivity index (χ4n) is 2.34. The number of esters is 6. The number of carboxylic acids is 4. The Morgan fingerprint density at radius 2 is 0.804 bits per heavy atom. The van der Waals surface area contributed by atoms with E-state index >= 15 is 0 Å². The van der Waals surface area contributed by atoms with Crippen molar-refractivity contribution >= 4 is 59.7 Å². The van der Waals surface area contributed by atoms with Gasteiger partial charge in [-0.2, -0.15) is 0 Å². The molecule has 0 radical (unpaired) electrons. The second-order valence-corrected chi connectivity index (χ2v) is 8.47. The SMILES string of the molecule is O=C(O)C=CC(=O)OCC(OC(=O)C=CC(=O)O)C(COC(=O)C=CC(=O)O)OC(=O)C=CC(=O)O.O=C1C=CC(=O)O1.OCC(O)C(O)CO. The van der Waals surface area contributed by atoms with Crippen LogP contribution in [0.4, 0.5) is 0 Å². The Kier molecular flexibility index (Phi) is 24.1. The van der Waals surface area contributed by atoms with Crippen molar-refractivity contribution in [3.63, 3.8) is 0 Å². The summed E-state index contributed by atoms with van der Waals surface area (Å²) < 4.78 is 23.1. The first kappa shape index (κ1) is 46.6. The Labute approximate surface area is 284 Å². The lowest BCUT2D eigenvalue weighted by Gasteiger charge is -2.25. The van der Waals surface area contributed by atoms with E-state index in [0.717, 1.165) is 12.2 Å². The third kappa shape index (κ3) is 27.1. The molecular weight excluding hydrogens is 704 g/mol. The number of ether oxygens (including phenoxy) is 5. The van der Waals surface area contributed by atoms with Crippen molar-refractivity contribution in [3.8, 4) is 0 Å². The molecule has 51 heavy (non-hydrogen) atoms. The smallest absolute Gasteiger partial charge is 0.338 e. The molecule has 1 rings (SSSR count). The lowest BCUT2D eigenvalue weighted by Crippen LogP contribution is -2.42. The minimum atomic E-state index is -1.82. The highest BCUT2D eigenvalue weighted by atomic mass is 16.6. The third-order valence-corrected chi connectivity index (χ3v) is 4.55. The van der Waals surface area contributed by atoms with E-state index < -0.39 is 111 Å². The van der Waals surface area contributed by atoms with Crippen LogP contribution in [0.5, 0.6) is 0 Å². The van der Waals surface area contributed by atoms with Gasteiger partial charge in [-0.25, -0.2) is 47.9 Å². The fraction of sp³-hybridized carbons (Fsp3) is 0.286. The molecule has 23 heteroatoms. The van der Waals surface area contributed by atoms with Crippen LogP contribution in [0.15, 0.2) is 60.8 Å². The van der Waals surface area contributed by atoms with Crippen molar-refractivity contribution in [1.82, 2.24) is 0 Å². The zero-order valence-corrected chi connectivity index (χ0v) is 25.6. The Bertz CT molecular complexity index is 1310. The van der Waals surface area contributed by atoms with Crippen molar-refractivity contribution in [3.05, 3.63) is 60.8 Å². The first-order valence-corrected chi connectivity index (χ1v) is 13.2. The normalized spacial score (nSPS) is 14.3. The maximum absolute atomic E-state index is 11.9. The Morgan fingerprint density at radius 3 is 1.02 bits per heavy atom. The molecule has 1 aliphatic rings. The van der Waals surface area contributed by atoms with Crippen LogP contribution >= 0.6 is 0 Å². The molecule has 0 saturated heterocycles. The van der Waals surface area contributed by atoms with E-state index in [0.29, 0.717) is 48.6 Å². The van der Waals surface area contributed by atoms with Crippen LogP contribution in [-0.2, 0) is 71.6 Å². The van der Waals surface area contributed by atoms with Crippen molar-refractivity contribution in [1.29, 1.82) is 0 Å². The maximum atomic E-state index is 11.9. The Balaban J connectivity index is 0. The van der Waals surface area contributed by atoms with Gasteiger partial charge in [0.05, 0.1) is 13.2 Å². The maximum Gasteiger partial charge on any atom is 0.338 e. The quantitative estimate of drug-likeness (QED) is 0.0286. The molecule has 0 fully saturated rings. The van der Waals surface area contributed by atoms with E-state index in [1.54, 1.807) is 0 Å². The number of hydrogen-bond acceptors (Lipinski definition) is 19. The van der Waals surface area contributed by atoms with Crippen LogP contribution in [0.2, 0.25) is 0 Å². The fourth-order valence-corrected chi connectivity index (χ4v) is 2.34. The van der Waals surface area contributed by atoms with E-state index in [9.17, 15) is 47.9 Å². The average molecular weight is 735 g/mol. The number of rotatable bonds is 18. The van der Waals surface area contributed by atoms with E-state index in [4.69, 9.17) is 50.3 Å². The molecule has 23 nitrogen and oxygen atoms in total. The number of cyclic esters (lactones) is 2. The first-order chi connectivity index (χ1) is 23.8. The molecule has 1 aliphatic heterocycles. The lowest BCUT2D eigenvalue weighted by atomic mass is 10.2. The summed E-state index contributed by atoms with van der Waals surface area (Å²) in [6.45, 7) is -2.97. The molecule has 280 valence electrons. The molecule has 4 unspecified atom stereocenters. The number of hydrogen-bond donors (Lipinski definition) is 8. The Morgan fingerprint density at radius 1 is 0.529 bits per heavy atom. The predicted octanol–water partition coefficient (Wildman–Crippen LogP) is -4.22. The average Bonchev–Trinajstić information content (AvgIpc) is 3.45. The number of carboxylic acid groups (broad SMARTS) is 4. The van der Waals surface area contributed by atoms with Crippen molar-refractivity contribution < 1.29 is 112 Å². The summed E-state index contributed by atoms with van der Waals surface area (Å²) in [4.78, 5) is 109. The molecule has 0 amide bonds. The molecule has 4 atom stereocenters. The highest BCUT2D eigenvalue weighted by Gasteiger charge is 2.31. The summed E-state index contributed by atoms with van der Waals surface area (Å²) in [7, 11) is 0. The van der Waals surface area contributed by atoms with Gasteiger partial charge in [-0.15, -0.1) is 0 Å². The van der Waals surface area contributed by atoms with E-state index in [2.05, 4.69) is 14.2 Å². The highest BCUT2D eigenvalue weighted by Crippen LogP contribution is 2.10. The summed E-state index contributed by atoms with van der Waals surface area (Å²) in [5.41, 5.74) is 0.